The van der Waals surface area contributed by atoms with Gasteiger partial charge in [-0.3, -0.25) is 0 Å². The number of hydrogen-bond donors (Lipinski definition) is 0. The number of aliphatic imine (C=N–C) groups is 1. The van der Waals surface area contributed by atoms with E-state index in [-0.39, 0.29) is 0 Å². The molecule has 0 bridgehead atoms. The van der Waals surface area contributed by atoms with Crippen LogP contribution in [0.2, 0.25) is 0 Å². The van der Waals surface area contributed by atoms with Crippen molar-refractivity contribution in [2.24, 2.45) is 4.99 Å². The molecule has 0 radical (unpaired) electrons. The molecule has 14 heavy (non-hydrogen) atoms. The molecule has 0 aromatic heterocycles. The summed E-state index contributed by atoms with van der Waals surface area (Å²) < 4.78 is 0. The molecule has 0 N–H and O–H groups in total. The van der Waals surface area contributed by atoms with Gasteiger partial charge in [-0.25, -0.2) is 4.99 Å². The van der Waals surface area contributed by atoms with Crippen molar-refractivity contribution >= 4 is 24.0 Å². The van der Waals surface area contributed by atoms with Gasteiger partial charge in [0.25, 0.3) is 0 Å². The number of rotatable bonds is 3. The standard InChI is InChI=1S/C11H14N2S/c1-12-11(14)13(2)9-8-10-6-4-3-5-7-10/h3-7H,1,8-9H2,2H3. The third-order valence-electron chi connectivity index (χ3n) is 2.04. The maximum atomic E-state index is 4.99. The van der Waals surface area contributed by atoms with Crippen LogP contribution in [0.1, 0.15) is 5.56 Å². The van der Waals surface area contributed by atoms with Crippen molar-refractivity contribution in [3.63, 3.8) is 0 Å². The quantitative estimate of drug-likeness (QED) is 0.556. The Kier molecular flexibility index (Phi) is 4.26. The fourth-order valence-electron chi connectivity index (χ4n) is 1.16. The summed E-state index contributed by atoms with van der Waals surface area (Å²) in [6, 6.07) is 10.3. The largest absolute Gasteiger partial charge is 0.350 e. The fraction of sp³-hybridized carbons (Fsp3) is 0.273. The van der Waals surface area contributed by atoms with Gasteiger partial charge in [0, 0.05) is 13.6 Å². The molecule has 0 aliphatic rings. The van der Waals surface area contributed by atoms with Gasteiger partial charge in [0.2, 0.25) is 0 Å². The van der Waals surface area contributed by atoms with Gasteiger partial charge < -0.3 is 4.90 Å². The number of hydrogen-bond acceptors (Lipinski definition) is 1. The Balaban J connectivity index is 2.41. The molecule has 0 saturated heterocycles. The molecule has 1 aromatic carbocycles. The Hall–Kier alpha value is -1.22. The SMILES string of the molecule is C=NC(=S)N(C)CCc1ccccc1. The normalized spacial score (nSPS) is 9.50. The first kappa shape index (κ1) is 10.9. The molecule has 0 aliphatic heterocycles. The van der Waals surface area contributed by atoms with Crippen molar-refractivity contribution in [1.29, 1.82) is 0 Å². The van der Waals surface area contributed by atoms with E-state index in [0.29, 0.717) is 5.11 Å². The van der Waals surface area contributed by atoms with Crippen molar-refractivity contribution in [2.75, 3.05) is 13.6 Å². The Bertz CT molecular complexity index is 308. The average molecular weight is 206 g/mol. The van der Waals surface area contributed by atoms with Crippen LogP contribution in [0.3, 0.4) is 0 Å². The fourth-order valence-corrected chi connectivity index (χ4v) is 1.25. The molecule has 0 heterocycles. The molecular formula is C11H14N2S. The molecule has 0 spiro atoms. The Morgan fingerprint density at radius 1 is 1.43 bits per heavy atom. The van der Waals surface area contributed by atoms with Gasteiger partial charge in [0.15, 0.2) is 5.11 Å². The lowest BCUT2D eigenvalue weighted by molar-refractivity contribution is 0.512. The van der Waals surface area contributed by atoms with E-state index >= 15 is 0 Å². The first-order chi connectivity index (χ1) is 6.74. The lowest BCUT2D eigenvalue weighted by Gasteiger charge is -2.16. The van der Waals surface area contributed by atoms with Crippen molar-refractivity contribution in [1.82, 2.24) is 4.90 Å². The van der Waals surface area contributed by atoms with Gasteiger partial charge in [-0.2, -0.15) is 0 Å². The maximum absolute atomic E-state index is 4.99. The molecule has 0 unspecified atom stereocenters. The molecule has 0 amide bonds. The predicted octanol–water partition coefficient (Wildman–Crippen LogP) is 2.15. The van der Waals surface area contributed by atoms with E-state index < -0.39 is 0 Å². The molecule has 1 rings (SSSR count). The highest BCUT2D eigenvalue weighted by Crippen LogP contribution is 2.01. The van der Waals surface area contributed by atoms with Gasteiger partial charge in [0.1, 0.15) is 0 Å². The minimum atomic E-state index is 0.556. The third kappa shape index (κ3) is 3.26. The third-order valence-corrected chi connectivity index (χ3v) is 2.48. The van der Waals surface area contributed by atoms with E-state index in [2.05, 4.69) is 23.8 Å². The molecule has 1 aromatic rings. The van der Waals surface area contributed by atoms with Crippen LogP contribution in [0.25, 0.3) is 0 Å². The second-order valence-electron chi connectivity index (χ2n) is 3.10. The molecular weight excluding hydrogens is 192 g/mol. The Labute approximate surface area is 90.3 Å². The van der Waals surface area contributed by atoms with Crippen molar-refractivity contribution in [3.05, 3.63) is 35.9 Å². The molecule has 0 saturated carbocycles. The highest BCUT2D eigenvalue weighted by molar-refractivity contribution is 7.80. The van der Waals surface area contributed by atoms with Gasteiger partial charge in [-0.1, -0.05) is 30.3 Å². The van der Waals surface area contributed by atoms with Crippen LogP contribution in [0.4, 0.5) is 0 Å². The van der Waals surface area contributed by atoms with Gasteiger partial charge >= 0.3 is 0 Å². The predicted molar refractivity (Wildman–Crippen MR) is 64.9 cm³/mol. The van der Waals surface area contributed by atoms with E-state index in [1.54, 1.807) is 0 Å². The van der Waals surface area contributed by atoms with Crippen LogP contribution in [0.15, 0.2) is 35.3 Å². The van der Waals surface area contributed by atoms with Crippen molar-refractivity contribution < 1.29 is 0 Å². The highest BCUT2D eigenvalue weighted by Gasteiger charge is 2.00. The van der Waals surface area contributed by atoms with Gasteiger partial charge in [-0.05, 0) is 30.9 Å². The van der Waals surface area contributed by atoms with Gasteiger partial charge in [-0.15, -0.1) is 0 Å². The number of benzene rings is 1. The lowest BCUT2D eigenvalue weighted by Crippen LogP contribution is -2.25. The summed E-state index contributed by atoms with van der Waals surface area (Å²) in [6.07, 6.45) is 0.979. The summed E-state index contributed by atoms with van der Waals surface area (Å²) >= 11 is 4.99. The van der Waals surface area contributed by atoms with E-state index in [4.69, 9.17) is 12.2 Å². The highest BCUT2D eigenvalue weighted by atomic mass is 32.1. The summed E-state index contributed by atoms with van der Waals surface area (Å²) in [6.45, 7) is 4.28. The second-order valence-corrected chi connectivity index (χ2v) is 3.46. The summed E-state index contributed by atoms with van der Waals surface area (Å²) in [5, 5.41) is 0.556. The van der Waals surface area contributed by atoms with E-state index in [0.717, 1.165) is 13.0 Å². The average Bonchev–Trinajstić information content (AvgIpc) is 2.26. The first-order valence-corrected chi connectivity index (χ1v) is 4.90. The van der Waals surface area contributed by atoms with Crippen molar-refractivity contribution in [2.45, 2.75) is 6.42 Å². The topological polar surface area (TPSA) is 15.6 Å². The molecule has 0 atom stereocenters. The monoisotopic (exact) mass is 206 g/mol. The zero-order chi connectivity index (χ0) is 10.4. The van der Waals surface area contributed by atoms with E-state index in [1.807, 2.05) is 30.1 Å². The summed E-state index contributed by atoms with van der Waals surface area (Å²) in [5.41, 5.74) is 1.31. The molecule has 3 heteroatoms. The zero-order valence-corrected chi connectivity index (χ0v) is 9.13. The first-order valence-electron chi connectivity index (χ1n) is 4.50. The van der Waals surface area contributed by atoms with E-state index in [1.165, 1.54) is 5.56 Å². The molecule has 74 valence electrons. The van der Waals surface area contributed by atoms with Crippen LogP contribution >= 0.6 is 12.2 Å². The number of likely N-dealkylation sites (N-methyl/N-ethyl adjacent to an activating group) is 1. The molecule has 0 fully saturated rings. The smallest absolute Gasteiger partial charge is 0.194 e. The van der Waals surface area contributed by atoms with E-state index in [9.17, 15) is 0 Å². The number of thiocarbonyl (C=S) groups is 1. The van der Waals surface area contributed by atoms with Crippen LogP contribution in [-0.4, -0.2) is 30.3 Å². The Morgan fingerprint density at radius 2 is 2.07 bits per heavy atom. The van der Waals surface area contributed by atoms with Crippen molar-refractivity contribution in [3.8, 4) is 0 Å². The maximum Gasteiger partial charge on any atom is 0.194 e. The second kappa shape index (κ2) is 5.50. The Morgan fingerprint density at radius 3 is 2.64 bits per heavy atom. The van der Waals surface area contributed by atoms with Gasteiger partial charge in [0.05, 0.1) is 0 Å². The zero-order valence-electron chi connectivity index (χ0n) is 8.31. The minimum Gasteiger partial charge on any atom is -0.350 e. The molecule has 2 nitrogen and oxygen atoms in total. The lowest BCUT2D eigenvalue weighted by atomic mass is 10.1. The van der Waals surface area contributed by atoms with Crippen LogP contribution in [-0.2, 0) is 6.42 Å². The van der Waals surface area contributed by atoms with Crippen LogP contribution in [0, 0.1) is 0 Å². The summed E-state index contributed by atoms with van der Waals surface area (Å²) in [5.74, 6) is 0. The van der Waals surface area contributed by atoms with Crippen LogP contribution in [0.5, 0.6) is 0 Å². The molecule has 0 aliphatic carbocycles. The van der Waals surface area contributed by atoms with Crippen LogP contribution < -0.4 is 0 Å². The summed E-state index contributed by atoms with van der Waals surface area (Å²) in [7, 11) is 1.93. The summed E-state index contributed by atoms with van der Waals surface area (Å²) in [4.78, 5) is 5.63. The minimum absolute atomic E-state index is 0.556. The number of nitrogens with zero attached hydrogens (tertiary/aromatic N) is 2.